The summed E-state index contributed by atoms with van der Waals surface area (Å²) in [5.74, 6) is 1.08. The number of fused-ring (bicyclic) bond motifs is 2. The van der Waals surface area contributed by atoms with Gasteiger partial charge in [-0.2, -0.15) is 0 Å². The van der Waals surface area contributed by atoms with E-state index in [1.807, 2.05) is 0 Å². The first-order valence-electron chi connectivity index (χ1n) is 10.3. The summed E-state index contributed by atoms with van der Waals surface area (Å²) in [6.45, 7) is 0.885. The molecule has 0 aromatic heterocycles. The highest BCUT2D eigenvalue weighted by Crippen LogP contribution is 2.46. The third-order valence-corrected chi connectivity index (χ3v) is 6.38. The molecule has 1 spiro atoms. The first-order chi connectivity index (χ1) is 13.3. The number of ether oxygens (including phenoxy) is 1. The lowest BCUT2D eigenvalue weighted by molar-refractivity contribution is -0.00288. The van der Waals surface area contributed by atoms with Gasteiger partial charge in [0.25, 0.3) is 0 Å². The maximum Gasteiger partial charge on any atom is 0.124 e. The number of rotatable bonds is 3. The van der Waals surface area contributed by atoms with Crippen LogP contribution in [-0.4, -0.2) is 5.60 Å². The lowest BCUT2D eigenvalue weighted by atomic mass is 9.77. The molecule has 1 aliphatic heterocycles. The van der Waals surface area contributed by atoms with E-state index in [0.717, 1.165) is 18.7 Å². The molecule has 1 N–H and O–H groups in total. The molecule has 27 heavy (non-hydrogen) atoms. The standard InChI is InChI=1S/C25H27NO/c1-6-15-25(16-7-1)17-23(22-13-4-5-14-24(22)27-25)26-18-20-11-8-10-19-9-2-3-12-21(19)20/h2-5,8-14,23,26H,1,6-7,15-18H2/t23-/m1/s1. The Balaban J connectivity index is 1.43. The van der Waals surface area contributed by atoms with Gasteiger partial charge in [-0.15, -0.1) is 0 Å². The van der Waals surface area contributed by atoms with Crippen LogP contribution in [0, 0.1) is 0 Å². The topological polar surface area (TPSA) is 21.3 Å². The molecule has 138 valence electrons. The van der Waals surface area contributed by atoms with Crippen molar-refractivity contribution in [2.45, 2.75) is 56.7 Å². The molecule has 0 unspecified atom stereocenters. The van der Waals surface area contributed by atoms with Gasteiger partial charge in [0, 0.05) is 24.6 Å². The number of hydrogen-bond donors (Lipinski definition) is 1. The highest BCUT2D eigenvalue weighted by Gasteiger charge is 2.41. The lowest BCUT2D eigenvalue weighted by Gasteiger charge is -2.44. The monoisotopic (exact) mass is 357 g/mol. The van der Waals surface area contributed by atoms with Gasteiger partial charge in [-0.3, -0.25) is 0 Å². The molecule has 2 aliphatic rings. The summed E-state index contributed by atoms with van der Waals surface area (Å²) in [6.07, 6.45) is 7.38. The van der Waals surface area contributed by atoms with Crippen LogP contribution in [0.5, 0.6) is 5.75 Å². The van der Waals surface area contributed by atoms with Crippen LogP contribution in [0.3, 0.4) is 0 Å². The highest BCUT2D eigenvalue weighted by atomic mass is 16.5. The van der Waals surface area contributed by atoms with Crippen LogP contribution >= 0.6 is 0 Å². The third-order valence-electron chi connectivity index (χ3n) is 6.38. The van der Waals surface area contributed by atoms with E-state index in [1.165, 1.54) is 54.0 Å². The number of benzene rings is 3. The first kappa shape index (κ1) is 16.8. The largest absolute Gasteiger partial charge is 0.487 e. The summed E-state index contributed by atoms with van der Waals surface area (Å²) in [6, 6.07) is 24.2. The van der Waals surface area contributed by atoms with Crippen LogP contribution in [-0.2, 0) is 6.54 Å². The molecular weight excluding hydrogens is 330 g/mol. The van der Waals surface area contributed by atoms with Gasteiger partial charge in [-0.1, -0.05) is 67.1 Å². The summed E-state index contributed by atoms with van der Waals surface area (Å²) < 4.78 is 6.57. The zero-order valence-electron chi connectivity index (χ0n) is 15.8. The van der Waals surface area contributed by atoms with Crippen LogP contribution in [0.2, 0.25) is 0 Å². The van der Waals surface area contributed by atoms with E-state index < -0.39 is 0 Å². The van der Waals surface area contributed by atoms with Crippen molar-refractivity contribution in [1.82, 2.24) is 5.32 Å². The van der Waals surface area contributed by atoms with Gasteiger partial charge in [0.05, 0.1) is 0 Å². The minimum absolute atomic E-state index is 0.0308. The fourth-order valence-corrected chi connectivity index (χ4v) is 4.98. The summed E-state index contributed by atoms with van der Waals surface area (Å²) in [5.41, 5.74) is 2.71. The molecule has 3 aromatic rings. The Morgan fingerprint density at radius 2 is 1.63 bits per heavy atom. The van der Waals surface area contributed by atoms with E-state index in [-0.39, 0.29) is 5.60 Å². The quantitative estimate of drug-likeness (QED) is 0.606. The van der Waals surface area contributed by atoms with Gasteiger partial charge in [0.15, 0.2) is 0 Å². The molecule has 0 amide bonds. The van der Waals surface area contributed by atoms with Gasteiger partial charge in [-0.05, 0) is 48.1 Å². The molecule has 2 nitrogen and oxygen atoms in total. The second-order valence-electron chi connectivity index (χ2n) is 8.16. The van der Waals surface area contributed by atoms with Gasteiger partial charge < -0.3 is 10.1 Å². The average Bonchev–Trinajstić information content (AvgIpc) is 2.72. The Bertz CT molecular complexity index is 936. The fraction of sp³-hybridized carbons (Fsp3) is 0.360. The Morgan fingerprint density at radius 3 is 2.56 bits per heavy atom. The molecule has 5 rings (SSSR count). The molecular formula is C25H27NO. The minimum atomic E-state index is 0.0308. The maximum absolute atomic E-state index is 6.57. The summed E-state index contributed by atoms with van der Waals surface area (Å²) in [7, 11) is 0. The minimum Gasteiger partial charge on any atom is -0.487 e. The van der Waals surface area contributed by atoms with Crippen LogP contribution in [0.1, 0.15) is 55.7 Å². The smallest absolute Gasteiger partial charge is 0.124 e. The average molecular weight is 357 g/mol. The van der Waals surface area contributed by atoms with Crippen molar-refractivity contribution >= 4 is 10.8 Å². The molecule has 0 bridgehead atoms. The van der Waals surface area contributed by atoms with E-state index in [1.54, 1.807) is 0 Å². The van der Waals surface area contributed by atoms with Crippen LogP contribution < -0.4 is 10.1 Å². The molecule has 0 saturated heterocycles. The molecule has 1 atom stereocenters. The maximum atomic E-state index is 6.57. The molecule has 2 heteroatoms. The van der Waals surface area contributed by atoms with Crippen molar-refractivity contribution in [3.63, 3.8) is 0 Å². The summed E-state index contributed by atoms with van der Waals surface area (Å²) in [5, 5.41) is 6.54. The second-order valence-corrected chi connectivity index (χ2v) is 8.16. The molecule has 1 saturated carbocycles. The van der Waals surface area contributed by atoms with E-state index >= 15 is 0 Å². The van der Waals surface area contributed by atoms with E-state index in [2.05, 4.69) is 72.0 Å². The molecule has 0 radical (unpaired) electrons. The number of para-hydroxylation sites is 1. The molecule has 3 aromatic carbocycles. The SMILES string of the molecule is c1ccc2c(c1)OC1(CCCCC1)C[C@H]2NCc1cccc2ccccc12. The predicted octanol–water partition coefficient (Wildman–Crippen LogP) is 6.16. The molecule has 1 heterocycles. The molecule has 1 fully saturated rings. The summed E-state index contributed by atoms with van der Waals surface area (Å²) >= 11 is 0. The van der Waals surface area contributed by atoms with Crippen molar-refractivity contribution in [2.24, 2.45) is 0 Å². The summed E-state index contributed by atoms with van der Waals surface area (Å²) in [4.78, 5) is 0. The predicted molar refractivity (Wildman–Crippen MR) is 111 cm³/mol. The van der Waals surface area contributed by atoms with Crippen LogP contribution in [0.25, 0.3) is 10.8 Å². The number of hydrogen-bond acceptors (Lipinski definition) is 2. The second kappa shape index (κ2) is 7.01. The first-order valence-corrected chi connectivity index (χ1v) is 10.3. The molecule has 1 aliphatic carbocycles. The van der Waals surface area contributed by atoms with Crippen molar-refractivity contribution in [3.05, 3.63) is 77.9 Å². The van der Waals surface area contributed by atoms with Crippen molar-refractivity contribution < 1.29 is 4.74 Å². The van der Waals surface area contributed by atoms with Crippen molar-refractivity contribution in [1.29, 1.82) is 0 Å². The fourth-order valence-electron chi connectivity index (χ4n) is 4.98. The lowest BCUT2D eigenvalue weighted by Crippen LogP contribution is -2.45. The Morgan fingerprint density at radius 1 is 0.852 bits per heavy atom. The van der Waals surface area contributed by atoms with Crippen LogP contribution in [0.15, 0.2) is 66.7 Å². The van der Waals surface area contributed by atoms with E-state index in [0.29, 0.717) is 6.04 Å². The Hall–Kier alpha value is -2.32. The normalized spacial score (nSPS) is 21.0. The third kappa shape index (κ3) is 3.23. The van der Waals surface area contributed by atoms with Gasteiger partial charge in [0.2, 0.25) is 0 Å². The van der Waals surface area contributed by atoms with Crippen molar-refractivity contribution in [3.8, 4) is 5.75 Å². The highest BCUT2D eigenvalue weighted by molar-refractivity contribution is 5.85. The van der Waals surface area contributed by atoms with E-state index in [9.17, 15) is 0 Å². The zero-order chi connectivity index (χ0) is 18.1. The number of nitrogens with one attached hydrogen (secondary N) is 1. The van der Waals surface area contributed by atoms with Crippen molar-refractivity contribution in [2.75, 3.05) is 0 Å². The van der Waals surface area contributed by atoms with Gasteiger partial charge in [0.1, 0.15) is 11.4 Å². The van der Waals surface area contributed by atoms with Gasteiger partial charge >= 0.3 is 0 Å². The zero-order valence-corrected chi connectivity index (χ0v) is 15.8. The Labute approximate surface area is 161 Å². The Kier molecular flexibility index (Phi) is 4.37. The van der Waals surface area contributed by atoms with E-state index in [4.69, 9.17) is 4.74 Å². The van der Waals surface area contributed by atoms with Crippen LogP contribution in [0.4, 0.5) is 0 Å². The van der Waals surface area contributed by atoms with Gasteiger partial charge in [-0.25, -0.2) is 0 Å².